The molecule has 0 bridgehead atoms. The summed E-state index contributed by atoms with van der Waals surface area (Å²) in [5.74, 6) is -0.942. The van der Waals surface area contributed by atoms with Crippen molar-refractivity contribution in [3.63, 3.8) is 0 Å². The van der Waals surface area contributed by atoms with Gasteiger partial charge in [-0.05, 0) is 38.1 Å². The summed E-state index contributed by atoms with van der Waals surface area (Å²) in [7, 11) is 0. The molecule has 2 nitrogen and oxygen atoms in total. The van der Waals surface area contributed by atoms with Crippen LogP contribution in [-0.4, -0.2) is 19.1 Å². The van der Waals surface area contributed by atoms with Crippen LogP contribution in [0.4, 0.5) is 8.78 Å². The minimum absolute atomic E-state index is 0.140. The summed E-state index contributed by atoms with van der Waals surface area (Å²) in [6.07, 6.45) is 2.02. The second kappa shape index (κ2) is 5.37. The van der Waals surface area contributed by atoms with Gasteiger partial charge in [0.1, 0.15) is 11.6 Å². The maximum absolute atomic E-state index is 13.3. The lowest BCUT2D eigenvalue weighted by atomic mass is 10.1. The number of hydrogen-bond acceptors (Lipinski definition) is 2. The van der Waals surface area contributed by atoms with E-state index in [4.69, 9.17) is 0 Å². The van der Waals surface area contributed by atoms with Gasteiger partial charge < -0.3 is 10.6 Å². The Balaban J connectivity index is 1.93. The summed E-state index contributed by atoms with van der Waals surface area (Å²) < 4.78 is 26.6. The lowest BCUT2D eigenvalue weighted by Crippen LogP contribution is -2.39. The Morgan fingerprint density at radius 3 is 2.44 bits per heavy atom. The van der Waals surface area contributed by atoms with Gasteiger partial charge >= 0.3 is 0 Å². The van der Waals surface area contributed by atoms with Gasteiger partial charge in [0.2, 0.25) is 0 Å². The molecule has 1 heterocycles. The van der Waals surface area contributed by atoms with E-state index in [1.807, 2.05) is 0 Å². The van der Waals surface area contributed by atoms with E-state index in [-0.39, 0.29) is 12.1 Å². The molecule has 16 heavy (non-hydrogen) atoms. The van der Waals surface area contributed by atoms with Crippen molar-refractivity contribution in [2.24, 2.45) is 0 Å². The van der Waals surface area contributed by atoms with Crippen LogP contribution in [0.3, 0.4) is 0 Å². The molecule has 1 saturated heterocycles. The average Bonchev–Trinajstić information content (AvgIpc) is 2.30. The van der Waals surface area contributed by atoms with Gasteiger partial charge in [0.15, 0.2) is 0 Å². The quantitative estimate of drug-likeness (QED) is 0.821. The predicted molar refractivity (Wildman–Crippen MR) is 59.1 cm³/mol. The minimum atomic E-state index is -0.471. The Bertz CT molecular complexity index is 329. The summed E-state index contributed by atoms with van der Waals surface area (Å²) in [6, 6.07) is 4.34. The second-order valence-electron chi connectivity index (χ2n) is 4.11. The molecule has 0 atom stereocenters. The van der Waals surface area contributed by atoms with Gasteiger partial charge in [-0.15, -0.1) is 0 Å². The Labute approximate surface area is 94.0 Å². The van der Waals surface area contributed by atoms with Crippen LogP contribution in [-0.2, 0) is 6.54 Å². The molecule has 1 aromatic rings. The van der Waals surface area contributed by atoms with E-state index in [1.165, 1.54) is 18.2 Å². The highest BCUT2D eigenvalue weighted by Gasteiger charge is 2.14. The first-order valence-electron chi connectivity index (χ1n) is 5.64. The van der Waals surface area contributed by atoms with E-state index in [0.29, 0.717) is 6.04 Å². The fraction of sp³-hybridized carbons (Fsp3) is 0.500. The number of piperidine rings is 1. The maximum atomic E-state index is 13.3. The topological polar surface area (TPSA) is 24.1 Å². The van der Waals surface area contributed by atoms with E-state index in [0.717, 1.165) is 25.9 Å². The van der Waals surface area contributed by atoms with Crippen molar-refractivity contribution in [2.75, 3.05) is 13.1 Å². The van der Waals surface area contributed by atoms with Crippen LogP contribution in [0.5, 0.6) is 0 Å². The molecule has 0 spiro atoms. The Morgan fingerprint density at radius 2 is 1.81 bits per heavy atom. The van der Waals surface area contributed by atoms with E-state index >= 15 is 0 Å². The zero-order valence-corrected chi connectivity index (χ0v) is 9.10. The van der Waals surface area contributed by atoms with Crippen molar-refractivity contribution in [2.45, 2.75) is 25.4 Å². The standard InChI is InChI=1S/C12H16F2N2/c13-11-2-1-3-12(14)10(11)8-16-9-4-6-15-7-5-9/h1-3,9,15-16H,4-8H2. The molecule has 4 heteroatoms. The summed E-state index contributed by atoms with van der Waals surface area (Å²) in [5, 5.41) is 6.45. The van der Waals surface area contributed by atoms with Crippen LogP contribution in [0.15, 0.2) is 18.2 Å². The molecule has 0 amide bonds. The Morgan fingerprint density at radius 1 is 1.19 bits per heavy atom. The predicted octanol–water partition coefficient (Wildman–Crippen LogP) is 1.81. The Hall–Kier alpha value is -1.00. The molecular weight excluding hydrogens is 210 g/mol. The van der Waals surface area contributed by atoms with E-state index in [2.05, 4.69) is 10.6 Å². The number of halogens is 2. The van der Waals surface area contributed by atoms with Crippen LogP contribution in [0.2, 0.25) is 0 Å². The fourth-order valence-electron chi connectivity index (χ4n) is 1.97. The normalized spacial score (nSPS) is 17.6. The van der Waals surface area contributed by atoms with Gasteiger partial charge in [-0.3, -0.25) is 0 Å². The molecule has 1 aliphatic rings. The number of benzene rings is 1. The molecular formula is C12H16F2N2. The van der Waals surface area contributed by atoms with E-state index in [9.17, 15) is 8.78 Å². The van der Waals surface area contributed by atoms with Gasteiger partial charge in [-0.2, -0.15) is 0 Å². The van der Waals surface area contributed by atoms with E-state index in [1.54, 1.807) is 0 Å². The highest BCUT2D eigenvalue weighted by Crippen LogP contribution is 2.12. The first-order valence-corrected chi connectivity index (χ1v) is 5.64. The highest BCUT2D eigenvalue weighted by molar-refractivity contribution is 5.19. The largest absolute Gasteiger partial charge is 0.317 e. The molecule has 1 aliphatic heterocycles. The molecule has 1 aromatic carbocycles. The monoisotopic (exact) mass is 226 g/mol. The van der Waals surface area contributed by atoms with Crippen LogP contribution in [0, 0.1) is 11.6 Å². The first kappa shape index (κ1) is 11.5. The smallest absolute Gasteiger partial charge is 0.130 e. The third-order valence-corrected chi connectivity index (χ3v) is 2.97. The van der Waals surface area contributed by atoms with Crippen molar-refractivity contribution >= 4 is 0 Å². The van der Waals surface area contributed by atoms with Gasteiger partial charge in [0.25, 0.3) is 0 Å². The van der Waals surface area contributed by atoms with Crippen LogP contribution >= 0.6 is 0 Å². The Kier molecular flexibility index (Phi) is 3.85. The molecule has 0 aromatic heterocycles. The third kappa shape index (κ3) is 2.77. The summed E-state index contributed by atoms with van der Waals surface area (Å²) in [6.45, 7) is 2.21. The van der Waals surface area contributed by atoms with E-state index < -0.39 is 11.6 Å². The van der Waals surface area contributed by atoms with Crippen molar-refractivity contribution < 1.29 is 8.78 Å². The summed E-state index contributed by atoms with van der Waals surface area (Å²) in [4.78, 5) is 0. The van der Waals surface area contributed by atoms with Crippen LogP contribution < -0.4 is 10.6 Å². The molecule has 0 radical (unpaired) electrons. The zero-order valence-electron chi connectivity index (χ0n) is 9.10. The number of nitrogens with one attached hydrogen (secondary N) is 2. The molecule has 2 rings (SSSR count). The van der Waals surface area contributed by atoms with Crippen molar-refractivity contribution in [1.29, 1.82) is 0 Å². The lowest BCUT2D eigenvalue weighted by molar-refractivity contribution is 0.380. The minimum Gasteiger partial charge on any atom is -0.317 e. The average molecular weight is 226 g/mol. The van der Waals surface area contributed by atoms with Crippen molar-refractivity contribution in [1.82, 2.24) is 10.6 Å². The fourth-order valence-corrected chi connectivity index (χ4v) is 1.97. The SMILES string of the molecule is Fc1cccc(F)c1CNC1CCNCC1. The first-order chi connectivity index (χ1) is 7.77. The molecule has 88 valence electrons. The van der Waals surface area contributed by atoms with Gasteiger partial charge in [0, 0.05) is 18.2 Å². The van der Waals surface area contributed by atoms with Crippen LogP contribution in [0.1, 0.15) is 18.4 Å². The summed E-state index contributed by atoms with van der Waals surface area (Å²) in [5.41, 5.74) is 0.140. The molecule has 0 unspecified atom stereocenters. The molecule has 1 fully saturated rings. The lowest BCUT2D eigenvalue weighted by Gasteiger charge is -2.23. The third-order valence-electron chi connectivity index (χ3n) is 2.97. The number of hydrogen-bond donors (Lipinski definition) is 2. The van der Waals surface area contributed by atoms with Crippen molar-refractivity contribution in [3.05, 3.63) is 35.4 Å². The molecule has 0 saturated carbocycles. The van der Waals surface area contributed by atoms with Gasteiger partial charge in [-0.25, -0.2) is 8.78 Å². The zero-order chi connectivity index (χ0) is 11.4. The number of rotatable bonds is 3. The highest BCUT2D eigenvalue weighted by atomic mass is 19.1. The van der Waals surface area contributed by atoms with Crippen LogP contribution in [0.25, 0.3) is 0 Å². The summed E-state index contributed by atoms with van der Waals surface area (Å²) >= 11 is 0. The van der Waals surface area contributed by atoms with Gasteiger partial charge in [0.05, 0.1) is 0 Å². The molecule has 0 aliphatic carbocycles. The molecule has 2 N–H and O–H groups in total. The van der Waals surface area contributed by atoms with Crippen molar-refractivity contribution in [3.8, 4) is 0 Å². The second-order valence-corrected chi connectivity index (χ2v) is 4.11. The van der Waals surface area contributed by atoms with Gasteiger partial charge in [-0.1, -0.05) is 6.07 Å². The maximum Gasteiger partial charge on any atom is 0.130 e.